The molecule has 0 radical (unpaired) electrons. The Balaban J connectivity index is 1.98. The molecular weight excluding hydrogens is 228 g/mol. The predicted molar refractivity (Wildman–Crippen MR) is 72.9 cm³/mol. The van der Waals surface area contributed by atoms with Gasteiger partial charge in [0.15, 0.2) is 0 Å². The van der Waals surface area contributed by atoms with E-state index in [-0.39, 0.29) is 5.60 Å². The number of ether oxygens (including phenoxy) is 1. The first-order valence-corrected chi connectivity index (χ1v) is 6.56. The Hall–Kier alpha value is -1.36. The van der Waals surface area contributed by atoms with E-state index in [4.69, 9.17) is 4.74 Å². The summed E-state index contributed by atoms with van der Waals surface area (Å²) < 4.78 is 5.71. The van der Waals surface area contributed by atoms with Crippen LogP contribution >= 0.6 is 0 Å². The van der Waals surface area contributed by atoms with Crippen molar-refractivity contribution in [1.82, 2.24) is 9.97 Å². The molecule has 100 valence electrons. The van der Waals surface area contributed by atoms with Gasteiger partial charge in [-0.3, -0.25) is 0 Å². The summed E-state index contributed by atoms with van der Waals surface area (Å²) in [6, 6.07) is 2.32. The van der Waals surface area contributed by atoms with Crippen molar-refractivity contribution >= 4 is 11.8 Å². The van der Waals surface area contributed by atoms with Gasteiger partial charge in [0.2, 0.25) is 5.95 Å². The molecule has 18 heavy (non-hydrogen) atoms. The Labute approximate surface area is 108 Å². The van der Waals surface area contributed by atoms with Crippen molar-refractivity contribution in [3.8, 4) is 0 Å². The summed E-state index contributed by atoms with van der Waals surface area (Å²) >= 11 is 0. The monoisotopic (exact) mass is 250 g/mol. The summed E-state index contributed by atoms with van der Waals surface area (Å²) in [6.45, 7) is 7.92. The Morgan fingerprint density at radius 2 is 2.33 bits per heavy atom. The standard InChI is InChI=1S/C13H22N4O/c1-4-14-12-15-7-5-11(17-12)16-10-6-8-18-13(2,3)9-10/h5,7,10H,4,6,8-9H2,1-3H3,(H2,14,15,16,17). The van der Waals surface area contributed by atoms with E-state index in [1.54, 1.807) is 6.20 Å². The topological polar surface area (TPSA) is 59.1 Å². The van der Waals surface area contributed by atoms with Gasteiger partial charge >= 0.3 is 0 Å². The summed E-state index contributed by atoms with van der Waals surface area (Å²) in [7, 11) is 0. The fraction of sp³-hybridized carbons (Fsp3) is 0.692. The van der Waals surface area contributed by atoms with E-state index in [1.165, 1.54) is 0 Å². The summed E-state index contributed by atoms with van der Waals surface area (Å²) in [4.78, 5) is 8.59. The Morgan fingerprint density at radius 3 is 3.06 bits per heavy atom. The molecule has 0 aliphatic carbocycles. The van der Waals surface area contributed by atoms with Crippen LogP contribution in [0.15, 0.2) is 12.3 Å². The van der Waals surface area contributed by atoms with Crippen LogP contribution in [-0.4, -0.2) is 34.8 Å². The zero-order valence-corrected chi connectivity index (χ0v) is 11.4. The molecule has 2 rings (SSSR count). The van der Waals surface area contributed by atoms with Crippen LogP contribution in [0.2, 0.25) is 0 Å². The Morgan fingerprint density at radius 1 is 1.50 bits per heavy atom. The van der Waals surface area contributed by atoms with Gasteiger partial charge < -0.3 is 15.4 Å². The SMILES string of the molecule is CCNc1nccc(NC2CCOC(C)(C)C2)n1. The molecule has 0 aromatic carbocycles. The number of hydrogen-bond acceptors (Lipinski definition) is 5. The quantitative estimate of drug-likeness (QED) is 0.858. The molecule has 1 atom stereocenters. The highest BCUT2D eigenvalue weighted by Crippen LogP contribution is 2.25. The van der Waals surface area contributed by atoms with Crippen molar-refractivity contribution in [2.45, 2.75) is 45.3 Å². The minimum absolute atomic E-state index is 0.0482. The largest absolute Gasteiger partial charge is 0.375 e. The molecular formula is C13H22N4O. The molecule has 1 aromatic rings. The van der Waals surface area contributed by atoms with Crippen LogP contribution in [-0.2, 0) is 4.74 Å². The number of anilines is 2. The van der Waals surface area contributed by atoms with Crippen LogP contribution < -0.4 is 10.6 Å². The third kappa shape index (κ3) is 3.57. The van der Waals surface area contributed by atoms with E-state index in [2.05, 4.69) is 34.4 Å². The highest BCUT2D eigenvalue weighted by Gasteiger charge is 2.28. The highest BCUT2D eigenvalue weighted by atomic mass is 16.5. The number of hydrogen-bond donors (Lipinski definition) is 2. The van der Waals surface area contributed by atoms with Crippen molar-refractivity contribution in [1.29, 1.82) is 0 Å². The maximum atomic E-state index is 5.71. The zero-order chi connectivity index (χ0) is 13.0. The molecule has 1 aromatic heterocycles. The van der Waals surface area contributed by atoms with Gasteiger partial charge in [0, 0.05) is 25.4 Å². The van der Waals surface area contributed by atoms with Gasteiger partial charge in [-0.05, 0) is 39.7 Å². The van der Waals surface area contributed by atoms with E-state index in [9.17, 15) is 0 Å². The lowest BCUT2D eigenvalue weighted by atomic mass is 9.94. The zero-order valence-electron chi connectivity index (χ0n) is 11.4. The average molecular weight is 250 g/mol. The molecule has 0 spiro atoms. The first-order chi connectivity index (χ1) is 8.59. The average Bonchev–Trinajstić information content (AvgIpc) is 2.28. The third-order valence-corrected chi connectivity index (χ3v) is 3.04. The Kier molecular flexibility index (Phi) is 4.01. The molecule has 1 unspecified atom stereocenters. The van der Waals surface area contributed by atoms with Crippen molar-refractivity contribution in [3.63, 3.8) is 0 Å². The van der Waals surface area contributed by atoms with Gasteiger partial charge in [-0.25, -0.2) is 4.98 Å². The summed E-state index contributed by atoms with van der Waals surface area (Å²) in [6.07, 6.45) is 3.79. The van der Waals surface area contributed by atoms with Gasteiger partial charge in [0.25, 0.3) is 0 Å². The lowest BCUT2D eigenvalue weighted by Gasteiger charge is -2.36. The number of rotatable bonds is 4. The van der Waals surface area contributed by atoms with Gasteiger partial charge in [-0.1, -0.05) is 0 Å². The van der Waals surface area contributed by atoms with E-state index < -0.39 is 0 Å². The Bertz CT molecular complexity index is 394. The minimum atomic E-state index is -0.0482. The van der Waals surface area contributed by atoms with Crippen LogP contribution in [0, 0.1) is 0 Å². The molecule has 1 aliphatic rings. The van der Waals surface area contributed by atoms with Crippen molar-refractivity contribution < 1.29 is 4.74 Å². The second kappa shape index (κ2) is 5.52. The molecule has 5 nitrogen and oxygen atoms in total. The van der Waals surface area contributed by atoms with Gasteiger partial charge in [-0.15, -0.1) is 0 Å². The smallest absolute Gasteiger partial charge is 0.224 e. The molecule has 0 saturated carbocycles. The van der Waals surface area contributed by atoms with E-state index in [0.717, 1.165) is 31.8 Å². The van der Waals surface area contributed by atoms with Gasteiger partial charge in [0.1, 0.15) is 5.82 Å². The van der Waals surface area contributed by atoms with Crippen molar-refractivity contribution in [2.75, 3.05) is 23.8 Å². The molecule has 1 saturated heterocycles. The minimum Gasteiger partial charge on any atom is -0.375 e. The highest BCUT2D eigenvalue weighted by molar-refractivity contribution is 5.40. The van der Waals surface area contributed by atoms with Crippen LogP contribution in [0.1, 0.15) is 33.6 Å². The van der Waals surface area contributed by atoms with E-state index in [1.807, 2.05) is 13.0 Å². The van der Waals surface area contributed by atoms with E-state index in [0.29, 0.717) is 12.0 Å². The van der Waals surface area contributed by atoms with Gasteiger partial charge in [-0.2, -0.15) is 4.98 Å². The molecule has 2 N–H and O–H groups in total. The second-order valence-corrected chi connectivity index (χ2v) is 5.24. The normalized spacial score (nSPS) is 22.5. The van der Waals surface area contributed by atoms with Crippen LogP contribution in [0.4, 0.5) is 11.8 Å². The number of nitrogens with one attached hydrogen (secondary N) is 2. The molecule has 1 aliphatic heterocycles. The summed E-state index contributed by atoms with van der Waals surface area (Å²) in [5.41, 5.74) is -0.0482. The number of nitrogens with zero attached hydrogens (tertiary/aromatic N) is 2. The summed E-state index contributed by atoms with van der Waals surface area (Å²) in [5, 5.41) is 6.58. The molecule has 0 bridgehead atoms. The fourth-order valence-corrected chi connectivity index (χ4v) is 2.25. The third-order valence-electron chi connectivity index (χ3n) is 3.04. The van der Waals surface area contributed by atoms with Crippen LogP contribution in [0.5, 0.6) is 0 Å². The molecule has 1 fully saturated rings. The van der Waals surface area contributed by atoms with E-state index >= 15 is 0 Å². The molecule has 0 amide bonds. The number of aromatic nitrogens is 2. The van der Waals surface area contributed by atoms with Crippen LogP contribution in [0.3, 0.4) is 0 Å². The second-order valence-electron chi connectivity index (χ2n) is 5.24. The lowest BCUT2D eigenvalue weighted by Crippen LogP contribution is -2.40. The van der Waals surface area contributed by atoms with Crippen molar-refractivity contribution in [2.24, 2.45) is 0 Å². The summed E-state index contributed by atoms with van der Waals surface area (Å²) in [5.74, 6) is 1.55. The maximum absolute atomic E-state index is 5.71. The van der Waals surface area contributed by atoms with Crippen LogP contribution in [0.25, 0.3) is 0 Å². The molecule has 5 heteroatoms. The maximum Gasteiger partial charge on any atom is 0.224 e. The first kappa shape index (κ1) is 13.1. The molecule has 2 heterocycles. The first-order valence-electron chi connectivity index (χ1n) is 6.56. The lowest BCUT2D eigenvalue weighted by molar-refractivity contribution is -0.0553. The van der Waals surface area contributed by atoms with Gasteiger partial charge in [0.05, 0.1) is 5.60 Å². The fourth-order valence-electron chi connectivity index (χ4n) is 2.25. The van der Waals surface area contributed by atoms with Crippen molar-refractivity contribution in [3.05, 3.63) is 12.3 Å². The predicted octanol–water partition coefficient (Wildman–Crippen LogP) is 2.28.